The Bertz CT molecular complexity index is 690. The average Bonchev–Trinajstić information content (AvgIpc) is 2.60. The number of carboxylic acid groups (broad SMARTS) is 1. The lowest BCUT2D eigenvalue weighted by Gasteiger charge is -2.32. The van der Waals surface area contributed by atoms with Crippen LogP contribution < -0.4 is 0 Å². The molecule has 0 radical (unpaired) electrons. The Balaban J connectivity index is 2.02. The number of nitrogens with zero attached hydrogens (tertiary/aromatic N) is 2. The molecule has 26 heavy (non-hydrogen) atoms. The van der Waals surface area contributed by atoms with Gasteiger partial charge in [-0.05, 0) is 31.9 Å². The van der Waals surface area contributed by atoms with Crippen LogP contribution >= 0.6 is 0 Å². The van der Waals surface area contributed by atoms with Crippen LogP contribution in [-0.2, 0) is 14.4 Å². The Labute approximate surface area is 150 Å². The van der Waals surface area contributed by atoms with Crippen molar-refractivity contribution in [3.63, 3.8) is 0 Å². The molecular weight excluding hydrogens is 346 g/mol. The molecule has 1 aliphatic heterocycles. The minimum Gasteiger partial charge on any atom is -0.481 e. The molecule has 0 aliphatic carbocycles. The van der Waals surface area contributed by atoms with E-state index < -0.39 is 35.3 Å². The van der Waals surface area contributed by atoms with Crippen LogP contribution in [0.2, 0.25) is 0 Å². The number of hydrogen-bond acceptors (Lipinski definition) is 3. The zero-order chi connectivity index (χ0) is 19.4. The second-order valence-corrected chi connectivity index (χ2v) is 6.57. The number of carboxylic acids is 1. The zero-order valence-electron chi connectivity index (χ0n) is 14.7. The van der Waals surface area contributed by atoms with Gasteiger partial charge in [0.15, 0.2) is 0 Å². The number of benzene rings is 1. The van der Waals surface area contributed by atoms with Crippen molar-refractivity contribution in [2.45, 2.75) is 25.7 Å². The summed E-state index contributed by atoms with van der Waals surface area (Å²) >= 11 is 0. The van der Waals surface area contributed by atoms with E-state index in [1.165, 1.54) is 24.9 Å². The van der Waals surface area contributed by atoms with E-state index in [1.807, 2.05) is 0 Å². The Morgan fingerprint density at radius 2 is 1.92 bits per heavy atom. The van der Waals surface area contributed by atoms with Gasteiger partial charge < -0.3 is 14.9 Å². The first-order valence-electron chi connectivity index (χ1n) is 8.41. The van der Waals surface area contributed by atoms with E-state index in [1.54, 1.807) is 0 Å². The molecule has 0 saturated carbocycles. The third-order valence-electron chi connectivity index (χ3n) is 4.68. The average molecular weight is 368 g/mol. The van der Waals surface area contributed by atoms with Gasteiger partial charge in [-0.15, -0.1) is 0 Å². The van der Waals surface area contributed by atoms with Crippen molar-refractivity contribution in [1.29, 1.82) is 0 Å². The van der Waals surface area contributed by atoms with Crippen LogP contribution in [0.4, 0.5) is 8.78 Å². The van der Waals surface area contributed by atoms with Gasteiger partial charge in [0.1, 0.15) is 11.6 Å². The van der Waals surface area contributed by atoms with E-state index >= 15 is 0 Å². The maximum absolute atomic E-state index is 13.9. The van der Waals surface area contributed by atoms with Gasteiger partial charge in [0.25, 0.3) is 0 Å². The van der Waals surface area contributed by atoms with Crippen LogP contribution in [0, 0.1) is 17.6 Å². The van der Waals surface area contributed by atoms with Crippen LogP contribution in [0.1, 0.15) is 31.2 Å². The molecule has 0 aromatic heterocycles. The molecule has 0 bridgehead atoms. The van der Waals surface area contributed by atoms with Gasteiger partial charge in [-0.2, -0.15) is 0 Å². The van der Waals surface area contributed by atoms with Gasteiger partial charge in [0.05, 0.1) is 18.4 Å². The van der Waals surface area contributed by atoms with Crippen molar-refractivity contribution >= 4 is 17.8 Å². The summed E-state index contributed by atoms with van der Waals surface area (Å²) in [5.74, 6) is -5.24. The van der Waals surface area contributed by atoms with E-state index in [0.29, 0.717) is 19.4 Å². The van der Waals surface area contributed by atoms with Crippen LogP contribution in [0.3, 0.4) is 0 Å². The van der Waals surface area contributed by atoms with Crippen molar-refractivity contribution in [2.75, 3.05) is 26.7 Å². The Morgan fingerprint density at radius 3 is 2.50 bits per heavy atom. The van der Waals surface area contributed by atoms with Gasteiger partial charge >= 0.3 is 5.97 Å². The highest BCUT2D eigenvalue weighted by Gasteiger charge is 2.30. The Morgan fingerprint density at radius 1 is 1.31 bits per heavy atom. The summed E-state index contributed by atoms with van der Waals surface area (Å²) in [5.41, 5.74) is -0.333. The molecule has 1 N–H and O–H groups in total. The van der Waals surface area contributed by atoms with E-state index in [2.05, 4.69) is 0 Å². The van der Waals surface area contributed by atoms with E-state index in [9.17, 15) is 23.2 Å². The van der Waals surface area contributed by atoms with E-state index in [0.717, 1.165) is 17.0 Å². The van der Waals surface area contributed by atoms with E-state index in [-0.39, 0.29) is 24.6 Å². The first-order chi connectivity index (χ1) is 12.2. The second kappa shape index (κ2) is 8.25. The summed E-state index contributed by atoms with van der Waals surface area (Å²) in [5, 5.41) is 9.09. The summed E-state index contributed by atoms with van der Waals surface area (Å²) in [4.78, 5) is 38.5. The normalized spacial score (nSPS) is 18.3. The number of hydrogen-bond donors (Lipinski definition) is 1. The molecular formula is C18H22F2N2O4. The quantitative estimate of drug-likeness (QED) is 0.860. The number of piperidine rings is 1. The highest BCUT2D eigenvalue weighted by atomic mass is 19.1. The zero-order valence-corrected chi connectivity index (χ0v) is 14.7. The number of amides is 2. The molecule has 2 atom stereocenters. The third-order valence-corrected chi connectivity index (χ3v) is 4.68. The van der Waals surface area contributed by atoms with Gasteiger partial charge in [0, 0.05) is 25.7 Å². The number of carbonyl (C=O) groups is 3. The van der Waals surface area contributed by atoms with Gasteiger partial charge in [-0.1, -0.05) is 6.07 Å². The van der Waals surface area contributed by atoms with Crippen LogP contribution in [-0.4, -0.2) is 59.4 Å². The summed E-state index contributed by atoms with van der Waals surface area (Å²) in [6, 6.07) is 3.37. The second-order valence-electron chi connectivity index (χ2n) is 6.57. The summed E-state index contributed by atoms with van der Waals surface area (Å²) in [6.45, 7) is 1.65. The molecule has 2 rings (SSSR count). The fourth-order valence-corrected chi connectivity index (χ4v) is 3.16. The topological polar surface area (TPSA) is 77.9 Å². The molecule has 2 unspecified atom stereocenters. The van der Waals surface area contributed by atoms with Crippen molar-refractivity contribution in [2.24, 2.45) is 5.92 Å². The lowest BCUT2D eigenvalue weighted by molar-refractivity contribution is -0.147. The van der Waals surface area contributed by atoms with E-state index in [4.69, 9.17) is 5.11 Å². The lowest BCUT2D eigenvalue weighted by atomic mass is 9.97. The fourth-order valence-electron chi connectivity index (χ4n) is 3.16. The molecule has 1 aromatic carbocycles. The number of likely N-dealkylation sites (tertiary alicyclic amines) is 1. The maximum atomic E-state index is 13.9. The Hall–Kier alpha value is -2.51. The van der Waals surface area contributed by atoms with Gasteiger partial charge in [-0.3, -0.25) is 14.4 Å². The SMILES string of the molecule is CC(C(=O)N(C)CC(=O)N1CCCC(C(=O)O)C1)c1c(F)cccc1F. The molecule has 0 spiro atoms. The smallest absolute Gasteiger partial charge is 0.308 e. The monoisotopic (exact) mass is 368 g/mol. The number of carbonyl (C=O) groups excluding carboxylic acids is 2. The fraction of sp³-hybridized carbons (Fsp3) is 0.500. The number of halogens is 2. The molecule has 1 aromatic rings. The van der Waals surface area contributed by atoms with Gasteiger partial charge in [-0.25, -0.2) is 8.78 Å². The summed E-state index contributed by atoms with van der Waals surface area (Å²) in [6.07, 6.45) is 1.09. The number of aliphatic carboxylic acids is 1. The third kappa shape index (κ3) is 4.36. The van der Waals surface area contributed by atoms with Gasteiger partial charge in [0.2, 0.25) is 11.8 Å². The lowest BCUT2D eigenvalue weighted by Crippen LogP contribution is -2.47. The highest BCUT2D eigenvalue weighted by molar-refractivity contribution is 5.88. The molecule has 1 aliphatic rings. The molecule has 6 nitrogen and oxygen atoms in total. The molecule has 142 valence electrons. The standard InChI is InChI=1S/C18H22F2N2O4/c1-11(16-13(19)6-3-7-14(16)20)17(24)21(2)10-15(23)22-8-4-5-12(9-22)18(25)26/h3,6-7,11-12H,4-5,8-10H2,1-2H3,(H,25,26). The molecule has 1 heterocycles. The molecule has 1 fully saturated rings. The van der Waals surface area contributed by atoms with Crippen LogP contribution in [0.25, 0.3) is 0 Å². The predicted molar refractivity (Wildman–Crippen MR) is 89.3 cm³/mol. The Kier molecular flexibility index (Phi) is 6.28. The molecule has 2 amide bonds. The summed E-state index contributed by atoms with van der Waals surface area (Å²) in [7, 11) is 1.38. The highest BCUT2D eigenvalue weighted by Crippen LogP contribution is 2.24. The number of likely N-dealkylation sites (N-methyl/N-ethyl adjacent to an activating group) is 1. The predicted octanol–water partition coefficient (Wildman–Crippen LogP) is 1.85. The minimum absolute atomic E-state index is 0.105. The van der Waals surface area contributed by atoms with Crippen molar-refractivity contribution in [3.8, 4) is 0 Å². The molecule has 8 heteroatoms. The largest absolute Gasteiger partial charge is 0.481 e. The van der Waals surface area contributed by atoms with Crippen LogP contribution in [0.15, 0.2) is 18.2 Å². The minimum atomic E-state index is -1.08. The molecule has 1 saturated heterocycles. The number of rotatable bonds is 5. The first-order valence-corrected chi connectivity index (χ1v) is 8.41. The van der Waals surface area contributed by atoms with Crippen LogP contribution in [0.5, 0.6) is 0 Å². The van der Waals surface area contributed by atoms with Crippen molar-refractivity contribution in [3.05, 3.63) is 35.4 Å². The first kappa shape index (κ1) is 19.8. The summed E-state index contributed by atoms with van der Waals surface area (Å²) < 4.78 is 27.7. The van der Waals surface area contributed by atoms with Crippen molar-refractivity contribution in [1.82, 2.24) is 9.80 Å². The van der Waals surface area contributed by atoms with Crippen molar-refractivity contribution < 1.29 is 28.3 Å². The maximum Gasteiger partial charge on any atom is 0.308 e.